The second kappa shape index (κ2) is 8.86. The third-order valence-corrected chi connectivity index (χ3v) is 5.15. The quantitative estimate of drug-likeness (QED) is 0.642. The molecule has 1 aliphatic heterocycles. The van der Waals surface area contributed by atoms with Gasteiger partial charge < -0.3 is 14.7 Å². The Hall–Kier alpha value is -3.22. The SMILES string of the molecule is CCN(Cc1ccccc1)c1cc(C)nc(N2CCN(c3ncccn3)CC2)n1. The Bertz CT molecular complexity index is 909. The number of aromatic nitrogens is 4. The van der Waals surface area contributed by atoms with Gasteiger partial charge in [-0.25, -0.2) is 15.0 Å². The standard InChI is InChI=1S/C22H27N7/c1-3-27(17-19-8-5-4-6-9-19)20-16-18(2)25-22(26-20)29-14-12-28(13-15-29)21-23-10-7-11-24-21/h4-11,16H,3,12-15,17H2,1-2H3. The number of nitrogens with zero attached hydrogens (tertiary/aromatic N) is 7. The molecule has 2 aromatic heterocycles. The Morgan fingerprint density at radius 1 is 0.862 bits per heavy atom. The summed E-state index contributed by atoms with van der Waals surface area (Å²) in [4.78, 5) is 25.1. The Labute approximate surface area is 172 Å². The van der Waals surface area contributed by atoms with Gasteiger partial charge in [-0.2, -0.15) is 4.98 Å². The van der Waals surface area contributed by atoms with Crippen molar-refractivity contribution in [3.8, 4) is 0 Å². The van der Waals surface area contributed by atoms with Crippen molar-refractivity contribution in [1.82, 2.24) is 19.9 Å². The molecule has 0 saturated carbocycles. The molecule has 7 heteroatoms. The lowest BCUT2D eigenvalue weighted by molar-refractivity contribution is 0.626. The minimum Gasteiger partial charge on any atom is -0.352 e. The van der Waals surface area contributed by atoms with Crippen molar-refractivity contribution in [2.24, 2.45) is 0 Å². The summed E-state index contributed by atoms with van der Waals surface area (Å²) in [7, 11) is 0. The Morgan fingerprint density at radius 2 is 1.52 bits per heavy atom. The summed E-state index contributed by atoms with van der Waals surface area (Å²) >= 11 is 0. The minimum absolute atomic E-state index is 0.790. The molecule has 0 N–H and O–H groups in total. The third-order valence-electron chi connectivity index (χ3n) is 5.15. The topological polar surface area (TPSA) is 61.3 Å². The van der Waals surface area contributed by atoms with Crippen LogP contribution in [0.15, 0.2) is 54.9 Å². The van der Waals surface area contributed by atoms with Crippen LogP contribution in [-0.4, -0.2) is 52.7 Å². The second-order valence-electron chi connectivity index (χ2n) is 7.19. The van der Waals surface area contributed by atoms with Gasteiger partial charge in [-0.3, -0.25) is 0 Å². The molecule has 0 aliphatic carbocycles. The molecule has 7 nitrogen and oxygen atoms in total. The Balaban J connectivity index is 1.48. The van der Waals surface area contributed by atoms with Crippen LogP contribution in [0.4, 0.5) is 17.7 Å². The van der Waals surface area contributed by atoms with Gasteiger partial charge in [0.2, 0.25) is 11.9 Å². The predicted octanol–water partition coefficient (Wildman–Crippen LogP) is 2.93. The smallest absolute Gasteiger partial charge is 0.227 e. The first-order valence-corrected chi connectivity index (χ1v) is 10.1. The average Bonchev–Trinajstić information content (AvgIpc) is 2.78. The highest BCUT2D eigenvalue weighted by Gasteiger charge is 2.22. The van der Waals surface area contributed by atoms with Crippen molar-refractivity contribution in [2.45, 2.75) is 20.4 Å². The molecule has 1 aromatic carbocycles. The van der Waals surface area contributed by atoms with Crippen LogP contribution in [0.1, 0.15) is 18.2 Å². The van der Waals surface area contributed by atoms with E-state index in [1.54, 1.807) is 12.4 Å². The molecule has 3 heterocycles. The van der Waals surface area contributed by atoms with Crippen molar-refractivity contribution >= 4 is 17.7 Å². The predicted molar refractivity (Wildman–Crippen MR) is 116 cm³/mol. The molecule has 1 saturated heterocycles. The number of hydrogen-bond acceptors (Lipinski definition) is 7. The summed E-state index contributed by atoms with van der Waals surface area (Å²) in [6.07, 6.45) is 3.58. The molecule has 0 atom stereocenters. The number of hydrogen-bond donors (Lipinski definition) is 0. The lowest BCUT2D eigenvalue weighted by Gasteiger charge is -2.35. The Kier molecular flexibility index (Phi) is 5.84. The number of anilines is 3. The zero-order valence-corrected chi connectivity index (χ0v) is 17.1. The van der Waals surface area contributed by atoms with Crippen molar-refractivity contribution in [1.29, 1.82) is 0 Å². The summed E-state index contributed by atoms with van der Waals surface area (Å²) in [6.45, 7) is 9.36. The number of rotatable bonds is 6. The highest BCUT2D eigenvalue weighted by Crippen LogP contribution is 2.21. The van der Waals surface area contributed by atoms with E-state index in [0.717, 1.165) is 62.7 Å². The van der Waals surface area contributed by atoms with E-state index in [9.17, 15) is 0 Å². The van der Waals surface area contributed by atoms with Gasteiger partial charge in [0.15, 0.2) is 0 Å². The summed E-state index contributed by atoms with van der Waals surface area (Å²) in [5, 5.41) is 0. The maximum Gasteiger partial charge on any atom is 0.227 e. The van der Waals surface area contributed by atoms with E-state index in [-0.39, 0.29) is 0 Å². The lowest BCUT2D eigenvalue weighted by Crippen LogP contribution is -2.47. The van der Waals surface area contributed by atoms with E-state index in [4.69, 9.17) is 9.97 Å². The van der Waals surface area contributed by atoms with Crippen molar-refractivity contribution in [2.75, 3.05) is 47.4 Å². The zero-order valence-electron chi connectivity index (χ0n) is 17.1. The molecule has 1 fully saturated rings. The van der Waals surface area contributed by atoms with E-state index in [1.165, 1.54) is 5.56 Å². The number of piperazine rings is 1. The van der Waals surface area contributed by atoms with Crippen LogP contribution in [0.5, 0.6) is 0 Å². The third kappa shape index (κ3) is 4.62. The first kappa shape index (κ1) is 19.1. The van der Waals surface area contributed by atoms with Crippen LogP contribution in [0.3, 0.4) is 0 Å². The largest absolute Gasteiger partial charge is 0.352 e. The van der Waals surface area contributed by atoms with Gasteiger partial charge in [-0.1, -0.05) is 30.3 Å². The highest BCUT2D eigenvalue weighted by atomic mass is 15.4. The fraction of sp³-hybridized carbons (Fsp3) is 0.364. The summed E-state index contributed by atoms with van der Waals surface area (Å²) in [5.74, 6) is 2.57. The van der Waals surface area contributed by atoms with Gasteiger partial charge in [0.25, 0.3) is 0 Å². The molecule has 0 bridgehead atoms. The van der Waals surface area contributed by atoms with Crippen LogP contribution in [-0.2, 0) is 6.54 Å². The molecule has 4 rings (SSSR count). The lowest BCUT2D eigenvalue weighted by atomic mass is 10.2. The number of aryl methyl sites for hydroxylation is 1. The minimum atomic E-state index is 0.790. The molecule has 1 aliphatic rings. The first-order chi connectivity index (χ1) is 14.2. The summed E-state index contributed by atoms with van der Waals surface area (Å²) in [6, 6.07) is 14.4. The van der Waals surface area contributed by atoms with Gasteiger partial charge in [-0.05, 0) is 25.5 Å². The van der Waals surface area contributed by atoms with E-state index in [1.807, 2.05) is 19.1 Å². The van der Waals surface area contributed by atoms with E-state index >= 15 is 0 Å². The average molecular weight is 390 g/mol. The van der Waals surface area contributed by atoms with E-state index in [2.05, 4.69) is 61.9 Å². The number of benzene rings is 1. The van der Waals surface area contributed by atoms with E-state index in [0.29, 0.717) is 0 Å². The fourth-order valence-corrected chi connectivity index (χ4v) is 3.56. The molecular weight excluding hydrogens is 362 g/mol. The second-order valence-corrected chi connectivity index (χ2v) is 7.19. The first-order valence-electron chi connectivity index (χ1n) is 10.1. The van der Waals surface area contributed by atoms with Gasteiger partial charge in [0.05, 0.1) is 0 Å². The maximum atomic E-state index is 4.91. The van der Waals surface area contributed by atoms with Gasteiger partial charge in [0, 0.05) is 63.4 Å². The fourth-order valence-electron chi connectivity index (χ4n) is 3.56. The van der Waals surface area contributed by atoms with Crippen LogP contribution in [0.25, 0.3) is 0 Å². The zero-order chi connectivity index (χ0) is 20.1. The summed E-state index contributed by atoms with van der Waals surface area (Å²) < 4.78 is 0. The van der Waals surface area contributed by atoms with E-state index < -0.39 is 0 Å². The van der Waals surface area contributed by atoms with Crippen LogP contribution < -0.4 is 14.7 Å². The molecule has 0 unspecified atom stereocenters. The Morgan fingerprint density at radius 3 is 2.17 bits per heavy atom. The molecule has 29 heavy (non-hydrogen) atoms. The normalized spacial score (nSPS) is 14.1. The van der Waals surface area contributed by atoms with Crippen molar-refractivity contribution in [3.63, 3.8) is 0 Å². The molecule has 0 radical (unpaired) electrons. The molecule has 0 spiro atoms. The summed E-state index contributed by atoms with van der Waals surface area (Å²) in [5.41, 5.74) is 2.27. The monoisotopic (exact) mass is 389 g/mol. The molecule has 0 amide bonds. The van der Waals surface area contributed by atoms with Gasteiger partial charge in [-0.15, -0.1) is 0 Å². The van der Waals surface area contributed by atoms with Gasteiger partial charge in [0.1, 0.15) is 5.82 Å². The highest BCUT2D eigenvalue weighted by molar-refractivity contribution is 5.47. The van der Waals surface area contributed by atoms with Crippen LogP contribution >= 0.6 is 0 Å². The molecular formula is C22H27N7. The van der Waals surface area contributed by atoms with Crippen molar-refractivity contribution < 1.29 is 0 Å². The van der Waals surface area contributed by atoms with Crippen LogP contribution in [0.2, 0.25) is 0 Å². The van der Waals surface area contributed by atoms with Crippen LogP contribution in [0, 0.1) is 6.92 Å². The molecule has 150 valence electrons. The maximum absolute atomic E-state index is 4.91. The van der Waals surface area contributed by atoms with Gasteiger partial charge >= 0.3 is 0 Å². The van der Waals surface area contributed by atoms with Crippen molar-refractivity contribution in [3.05, 3.63) is 66.1 Å². The molecule has 3 aromatic rings.